The van der Waals surface area contributed by atoms with Crippen LogP contribution in [0.1, 0.15) is 0 Å². The van der Waals surface area contributed by atoms with Gasteiger partial charge in [0.25, 0.3) is 0 Å². The van der Waals surface area contributed by atoms with E-state index in [1.807, 2.05) is 36.4 Å². The Balaban J connectivity index is 2.07. The van der Waals surface area contributed by atoms with Crippen molar-refractivity contribution in [2.24, 2.45) is 0 Å². The number of fused-ring (bicyclic) bond motifs is 1. The van der Waals surface area contributed by atoms with Crippen LogP contribution < -0.4 is 0 Å². The number of pyridine rings is 1. The van der Waals surface area contributed by atoms with E-state index in [9.17, 15) is 0 Å². The van der Waals surface area contributed by atoms with Crippen LogP contribution in [-0.4, -0.2) is 4.40 Å². The third kappa shape index (κ3) is 2.11. The molecule has 0 spiro atoms. The maximum Gasteiger partial charge on any atom is 0.113 e. The van der Waals surface area contributed by atoms with Gasteiger partial charge < -0.3 is 0 Å². The molecular formula is C20H14ClN. The van der Waals surface area contributed by atoms with Crippen LogP contribution in [0.5, 0.6) is 0 Å². The molecule has 2 heterocycles. The minimum absolute atomic E-state index is 0.721. The molecule has 0 amide bonds. The Morgan fingerprint density at radius 2 is 1.27 bits per heavy atom. The second kappa shape index (κ2) is 5.36. The van der Waals surface area contributed by atoms with Crippen LogP contribution in [-0.2, 0) is 0 Å². The van der Waals surface area contributed by atoms with Gasteiger partial charge in [0.15, 0.2) is 0 Å². The lowest BCUT2D eigenvalue weighted by Crippen LogP contribution is -1.89. The summed E-state index contributed by atoms with van der Waals surface area (Å²) in [5.41, 5.74) is 5.79. The second-order valence-electron chi connectivity index (χ2n) is 5.24. The highest BCUT2D eigenvalue weighted by atomic mass is 35.5. The van der Waals surface area contributed by atoms with Gasteiger partial charge in [0.2, 0.25) is 0 Å². The van der Waals surface area contributed by atoms with Crippen LogP contribution in [0.15, 0.2) is 84.9 Å². The van der Waals surface area contributed by atoms with E-state index in [0.29, 0.717) is 0 Å². The Morgan fingerprint density at radius 1 is 0.636 bits per heavy atom. The van der Waals surface area contributed by atoms with Crippen molar-refractivity contribution in [3.63, 3.8) is 0 Å². The van der Waals surface area contributed by atoms with E-state index in [-0.39, 0.29) is 0 Å². The normalized spacial score (nSPS) is 11.0. The highest BCUT2D eigenvalue weighted by molar-refractivity contribution is 6.30. The second-order valence-corrected chi connectivity index (χ2v) is 5.63. The molecule has 22 heavy (non-hydrogen) atoms. The Hall–Kier alpha value is -2.51. The molecule has 106 valence electrons. The maximum atomic E-state index is 6.48. The Kier molecular flexibility index (Phi) is 3.21. The van der Waals surface area contributed by atoms with Gasteiger partial charge in [-0.05, 0) is 29.3 Å². The van der Waals surface area contributed by atoms with Gasteiger partial charge in [-0.1, -0.05) is 78.3 Å². The van der Waals surface area contributed by atoms with Crippen molar-refractivity contribution in [1.82, 2.24) is 4.40 Å². The third-order valence-electron chi connectivity index (χ3n) is 3.89. The van der Waals surface area contributed by atoms with E-state index in [2.05, 4.69) is 52.9 Å². The molecule has 0 N–H and O–H groups in total. The third-order valence-corrected chi connectivity index (χ3v) is 4.19. The molecule has 4 rings (SSSR count). The lowest BCUT2D eigenvalue weighted by atomic mass is 10.1. The molecule has 0 aliphatic rings. The Morgan fingerprint density at radius 3 is 1.95 bits per heavy atom. The Bertz CT molecular complexity index is 924. The molecule has 0 bridgehead atoms. The van der Waals surface area contributed by atoms with E-state index in [4.69, 9.17) is 11.6 Å². The zero-order valence-corrected chi connectivity index (χ0v) is 12.7. The maximum absolute atomic E-state index is 6.48. The smallest absolute Gasteiger partial charge is 0.113 e. The van der Waals surface area contributed by atoms with Crippen LogP contribution in [0.3, 0.4) is 0 Å². The molecule has 0 unspecified atom stereocenters. The fourth-order valence-electron chi connectivity index (χ4n) is 2.88. The lowest BCUT2D eigenvalue weighted by molar-refractivity contribution is 1.20. The minimum Gasteiger partial charge on any atom is -0.300 e. The predicted molar refractivity (Wildman–Crippen MR) is 93.3 cm³/mol. The summed E-state index contributed by atoms with van der Waals surface area (Å²) in [4.78, 5) is 0. The molecule has 0 saturated carbocycles. The zero-order chi connectivity index (χ0) is 14.9. The first-order valence-electron chi connectivity index (χ1n) is 7.25. The van der Waals surface area contributed by atoms with Crippen molar-refractivity contribution in [2.75, 3.05) is 0 Å². The van der Waals surface area contributed by atoms with Crippen molar-refractivity contribution >= 4 is 17.1 Å². The molecule has 0 saturated heterocycles. The van der Waals surface area contributed by atoms with Gasteiger partial charge in [0, 0.05) is 5.56 Å². The van der Waals surface area contributed by atoms with E-state index in [1.165, 1.54) is 11.1 Å². The van der Waals surface area contributed by atoms with Gasteiger partial charge in [0.1, 0.15) is 5.15 Å². The number of hydrogen-bond donors (Lipinski definition) is 0. The highest BCUT2D eigenvalue weighted by Crippen LogP contribution is 2.35. The lowest BCUT2D eigenvalue weighted by Gasteiger charge is -2.05. The first-order valence-corrected chi connectivity index (χ1v) is 7.63. The van der Waals surface area contributed by atoms with Gasteiger partial charge in [-0.15, -0.1) is 0 Å². The van der Waals surface area contributed by atoms with Crippen LogP contribution in [0.2, 0.25) is 5.15 Å². The summed E-state index contributed by atoms with van der Waals surface area (Å²) < 4.78 is 2.11. The van der Waals surface area contributed by atoms with Crippen LogP contribution >= 0.6 is 11.6 Å². The molecule has 4 aromatic rings. The first kappa shape index (κ1) is 13.2. The number of halogens is 1. The summed E-state index contributed by atoms with van der Waals surface area (Å²) >= 11 is 6.48. The summed E-state index contributed by atoms with van der Waals surface area (Å²) in [5, 5.41) is 0.721. The van der Waals surface area contributed by atoms with E-state index in [0.717, 1.165) is 21.9 Å². The van der Waals surface area contributed by atoms with Crippen LogP contribution in [0.25, 0.3) is 27.9 Å². The summed E-state index contributed by atoms with van der Waals surface area (Å²) in [5.74, 6) is 0. The molecule has 1 nitrogen and oxygen atoms in total. The topological polar surface area (TPSA) is 4.41 Å². The average molecular weight is 304 g/mol. The fraction of sp³-hybridized carbons (Fsp3) is 0. The van der Waals surface area contributed by atoms with Crippen LogP contribution in [0, 0.1) is 0 Å². The Labute approximate surface area is 134 Å². The van der Waals surface area contributed by atoms with Crippen molar-refractivity contribution in [2.45, 2.75) is 0 Å². The molecule has 0 radical (unpaired) electrons. The van der Waals surface area contributed by atoms with E-state index >= 15 is 0 Å². The number of aromatic nitrogens is 1. The van der Waals surface area contributed by atoms with E-state index < -0.39 is 0 Å². The van der Waals surface area contributed by atoms with Gasteiger partial charge in [-0.3, -0.25) is 4.40 Å². The SMILES string of the molecule is Clc1cccc2c(-c3ccccc3)cc(-c3ccccc3)n12. The fourth-order valence-corrected chi connectivity index (χ4v) is 3.14. The minimum atomic E-state index is 0.721. The summed E-state index contributed by atoms with van der Waals surface area (Å²) in [6.07, 6.45) is 0. The van der Waals surface area contributed by atoms with Gasteiger partial charge in [-0.25, -0.2) is 0 Å². The summed E-state index contributed by atoms with van der Waals surface area (Å²) in [6, 6.07) is 29.0. The first-order chi connectivity index (χ1) is 10.8. The molecule has 2 aromatic carbocycles. The number of nitrogens with zero attached hydrogens (tertiary/aromatic N) is 1. The van der Waals surface area contributed by atoms with Crippen LogP contribution in [0.4, 0.5) is 0 Å². The molecular weight excluding hydrogens is 290 g/mol. The van der Waals surface area contributed by atoms with Crippen molar-refractivity contribution in [3.8, 4) is 22.4 Å². The van der Waals surface area contributed by atoms with Gasteiger partial charge >= 0.3 is 0 Å². The zero-order valence-electron chi connectivity index (χ0n) is 11.9. The van der Waals surface area contributed by atoms with Gasteiger partial charge in [-0.2, -0.15) is 0 Å². The molecule has 0 fully saturated rings. The van der Waals surface area contributed by atoms with E-state index in [1.54, 1.807) is 0 Å². The van der Waals surface area contributed by atoms with Crippen molar-refractivity contribution in [3.05, 3.63) is 90.1 Å². The number of rotatable bonds is 2. The monoisotopic (exact) mass is 303 g/mol. The predicted octanol–water partition coefficient (Wildman–Crippen LogP) is 5.93. The standard InChI is InChI=1S/C20H14ClN/c21-20-13-7-12-18-17(15-8-3-1-4-9-15)14-19(22(18)20)16-10-5-2-6-11-16/h1-14H. The summed E-state index contributed by atoms with van der Waals surface area (Å²) in [7, 11) is 0. The average Bonchev–Trinajstić information content (AvgIpc) is 2.98. The number of benzene rings is 2. The molecule has 2 aromatic heterocycles. The molecule has 0 aliphatic heterocycles. The molecule has 0 aliphatic carbocycles. The van der Waals surface area contributed by atoms with Gasteiger partial charge in [0.05, 0.1) is 11.2 Å². The molecule has 0 atom stereocenters. The largest absolute Gasteiger partial charge is 0.300 e. The quantitative estimate of drug-likeness (QED) is 0.404. The molecule has 2 heteroatoms. The number of hydrogen-bond acceptors (Lipinski definition) is 0. The highest BCUT2D eigenvalue weighted by Gasteiger charge is 2.13. The van der Waals surface area contributed by atoms with Crippen molar-refractivity contribution in [1.29, 1.82) is 0 Å². The summed E-state index contributed by atoms with van der Waals surface area (Å²) in [6.45, 7) is 0. The van der Waals surface area contributed by atoms with Crippen molar-refractivity contribution < 1.29 is 0 Å².